The fourth-order valence-corrected chi connectivity index (χ4v) is 3.29. The Morgan fingerprint density at radius 1 is 1.45 bits per heavy atom. The zero-order valence-electron chi connectivity index (χ0n) is 11.5. The summed E-state index contributed by atoms with van der Waals surface area (Å²) in [6.07, 6.45) is 5.06. The van der Waals surface area contributed by atoms with Crippen LogP contribution in [0.2, 0.25) is 5.02 Å². The minimum absolute atomic E-state index is 0.162. The van der Waals surface area contributed by atoms with Gasteiger partial charge < -0.3 is 9.30 Å². The monoisotopic (exact) mass is 313 g/mol. The van der Waals surface area contributed by atoms with E-state index < -0.39 is 0 Å². The van der Waals surface area contributed by atoms with Crippen LogP contribution in [0.15, 0.2) is 12.3 Å². The maximum Gasteiger partial charge on any atom is 0.160 e. The molecular formula is C14H17Cl2N3O. The molecule has 4 nitrogen and oxygen atoms in total. The van der Waals surface area contributed by atoms with E-state index in [1.165, 1.54) is 0 Å². The Hall–Kier alpha value is -0.840. The van der Waals surface area contributed by atoms with Gasteiger partial charge >= 0.3 is 0 Å². The predicted molar refractivity (Wildman–Crippen MR) is 80.5 cm³/mol. The van der Waals surface area contributed by atoms with Crippen LogP contribution in [0.4, 0.5) is 0 Å². The van der Waals surface area contributed by atoms with Crippen LogP contribution < -0.4 is 0 Å². The number of fused-ring (bicyclic) bond motifs is 1. The first-order valence-corrected chi connectivity index (χ1v) is 7.62. The van der Waals surface area contributed by atoms with Gasteiger partial charge in [0.05, 0.1) is 16.5 Å². The molecule has 20 heavy (non-hydrogen) atoms. The summed E-state index contributed by atoms with van der Waals surface area (Å²) in [6.45, 7) is 1.93. The van der Waals surface area contributed by atoms with E-state index in [1.54, 1.807) is 13.3 Å². The van der Waals surface area contributed by atoms with Gasteiger partial charge in [-0.3, -0.25) is 0 Å². The lowest BCUT2D eigenvalue weighted by Gasteiger charge is -2.17. The zero-order valence-corrected chi connectivity index (χ0v) is 13.0. The average molecular weight is 314 g/mol. The van der Waals surface area contributed by atoms with Crippen molar-refractivity contribution in [3.63, 3.8) is 0 Å². The molecule has 3 atom stereocenters. The van der Waals surface area contributed by atoms with E-state index in [0.717, 1.165) is 36.3 Å². The third-order valence-corrected chi connectivity index (χ3v) is 4.34. The van der Waals surface area contributed by atoms with E-state index in [4.69, 9.17) is 27.9 Å². The summed E-state index contributed by atoms with van der Waals surface area (Å²) in [5.74, 6) is 0.859. The molecule has 0 aromatic carbocycles. The van der Waals surface area contributed by atoms with E-state index >= 15 is 0 Å². The van der Waals surface area contributed by atoms with Gasteiger partial charge in [0, 0.05) is 19.3 Å². The highest BCUT2D eigenvalue weighted by molar-refractivity contribution is 6.31. The molecule has 1 saturated carbocycles. The normalized spacial score (nSPS) is 24.4. The van der Waals surface area contributed by atoms with Crippen LogP contribution in [-0.2, 0) is 4.74 Å². The quantitative estimate of drug-likeness (QED) is 0.800. The second-order valence-corrected chi connectivity index (χ2v) is 6.37. The van der Waals surface area contributed by atoms with Gasteiger partial charge in [-0.2, -0.15) is 0 Å². The molecule has 2 aromatic heterocycles. The highest BCUT2D eigenvalue weighted by atomic mass is 35.5. The van der Waals surface area contributed by atoms with Crippen LogP contribution in [0.1, 0.15) is 43.4 Å². The largest absolute Gasteiger partial charge is 0.381 e. The molecule has 3 unspecified atom stereocenters. The van der Waals surface area contributed by atoms with Crippen molar-refractivity contribution < 1.29 is 4.74 Å². The molecule has 0 spiro atoms. The minimum atomic E-state index is -0.162. The molecule has 1 aliphatic carbocycles. The number of pyridine rings is 1. The predicted octanol–water partition coefficient (Wildman–Crippen LogP) is 4.12. The van der Waals surface area contributed by atoms with E-state index in [9.17, 15) is 0 Å². The molecule has 6 heteroatoms. The van der Waals surface area contributed by atoms with E-state index in [2.05, 4.69) is 14.5 Å². The second kappa shape index (κ2) is 5.51. The molecule has 2 heterocycles. The smallest absolute Gasteiger partial charge is 0.160 e. The molecule has 1 aliphatic rings. The van der Waals surface area contributed by atoms with Gasteiger partial charge in [-0.25, -0.2) is 9.97 Å². The number of rotatable bonds is 3. The first-order valence-electron chi connectivity index (χ1n) is 6.80. The van der Waals surface area contributed by atoms with E-state index in [0.29, 0.717) is 17.2 Å². The van der Waals surface area contributed by atoms with Crippen LogP contribution in [0, 0.1) is 0 Å². The number of hydrogen-bond acceptors (Lipinski definition) is 3. The van der Waals surface area contributed by atoms with Crippen molar-refractivity contribution in [3.8, 4) is 0 Å². The highest BCUT2D eigenvalue weighted by Crippen LogP contribution is 2.37. The molecule has 0 amide bonds. The van der Waals surface area contributed by atoms with Gasteiger partial charge in [0.25, 0.3) is 0 Å². The highest BCUT2D eigenvalue weighted by Gasteiger charge is 2.30. The lowest BCUT2D eigenvalue weighted by atomic mass is 10.2. The zero-order chi connectivity index (χ0) is 14.3. The second-order valence-electron chi connectivity index (χ2n) is 5.28. The summed E-state index contributed by atoms with van der Waals surface area (Å²) in [5, 5.41) is 0.432. The van der Waals surface area contributed by atoms with Crippen molar-refractivity contribution in [3.05, 3.63) is 23.1 Å². The Morgan fingerprint density at radius 2 is 2.25 bits per heavy atom. The maximum atomic E-state index is 6.29. The van der Waals surface area contributed by atoms with Crippen LogP contribution in [0.3, 0.4) is 0 Å². The third kappa shape index (κ3) is 2.41. The van der Waals surface area contributed by atoms with Crippen molar-refractivity contribution in [2.24, 2.45) is 0 Å². The number of nitrogens with zero attached hydrogens (tertiary/aromatic N) is 3. The summed E-state index contributed by atoms with van der Waals surface area (Å²) in [6, 6.07) is 2.18. The lowest BCUT2D eigenvalue weighted by Crippen LogP contribution is -2.12. The Kier molecular flexibility index (Phi) is 3.89. The Labute approximate surface area is 128 Å². The summed E-state index contributed by atoms with van der Waals surface area (Å²) >= 11 is 12.3. The van der Waals surface area contributed by atoms with Crippen LogP contribution in [0.25, 0.3) is 11.2 Å². The Bertz CT molecular complexity index is 626. The maximum absolute atomic E-state index is 6.29. The van der Waals surface area contributed by atoms with Gasteiger partial charge in [-0.15, -0.1) is 11.6 Å². The summed E-state index contributed by atoms with van der Waals surface area (Å²) in [5.41, 5.74) is 1.67. The molecule has 0 radical (unpaired) electrons. The van der Waals surface area contributed by atoms with Crippen molar-refractivity contribution >= 4 is 34.4 Å². The Balaban J connectivity index is 2.10. The summed E-state index contributed by atoms with van der Waals surface area (Å²) < 4.78 is 7.63. The number of imidazole rings is 1. The number of alkyl halides is 1. The van der Waals surface area contributed by atoms with Crippen molar-refractivity contribution in [2.45, 2.75) is 43.7 Å². The van der Waals surface area contributed by atoms with Crippen molar-refractivity contribution in [1.29, 1.82) is 0 Å². The molecule has 0 N–H and O–H groups in total. The van der Waals surface area contributed by atoms with Crippen LogP contribution in [0.5, 0.6) is 0 Å². The fraction of sp³-hybridized carbons (Fsp3) is 0.571. The first-order chi connectivity index (χ1) is 9.60. The standard InChI is InChI=1S/C14H17Cl2N3O/c1-8(15)13-18-12-5-9(16)7-17-14(12)19(13)10-3-4-11(6-10)20-2/h5,7-8,10-11H,3-4,6H2,1-2H3. The first kappa shape index (κ1) is 14.1. The SMILES string of the molecule is COC1CCC(n2c(C(C)Cl)nc3cc(Cl)cnc32)C1. The summed E-state index contributed by atoms with van der Waals surface area (Å²) in [7, 11) is 1.77. The molecule has 2 aromatic rings. The lowest BCUT2D eigenvalue weighted by molar-refractivity contribution is 0.106. The summed E-state index contributed by atoms with van der Waals surface area (Å²) in [4.78, 5) is 9.06. The van der Waals surface area contributed by atoms with E-state index in [1.807, 2.05) is 13.0 Å². The fourth-order valence-electron chi connectivity index (χ4n) is 2.98. The number of halogens is 2. The molecule has 1 fully saturated rings. The van der Waals surface area contributed by atoms with Crippen molar-refractivity contribution in [2.75, 3.05) is 7.11 Å². The van der Waals surface area contributed by atoms with Gasteiger partial charge in [-0.05, 0) is 32.3 Å². The number of ether oxygens (including phenoxy) is 1. The topological polar surface area (TPSA) is 39.9 Å². The molecule has 3 rings (SSSR count). The minimum Gasteiger partial charge on any atom is -0.381 e. The average Bonchev–Trinajstić information content (AvgIpc) is 3.00. The Morgan fingerprint density at radius 3 is 2.90 bits per heavy atom. The van der Waals surface area contributed by atoms with Gasteiger partial charge in [0.1, 0.15) is 11.3 Å². The molecule has 0 saturated heterocycles. The molecular weight excluding hydrogens is 297 g/mol. The number of methoxy groups -OCH3 is 1. The van der Waals surface area contributed by atoms with Crippen molar-refractivity contribution in [1.82, 2.24) is 14.5 Å². The van der Waals surface area contributed by atoms with Gasteiger partial charge in [0.2, 0.25) is 0 Å². The van der Waals surface area contributed by atoms with Crippen LogP contribution >= 0.6 is 23.2 Å². The number of aromatic nitrogens is 3. The van der Waals surface area contributed by atoms with Crippen LogP contribution in [-0.4, -0.2) is 27.7 Å². The third-order valence-electron chi connectivity index (χ3n) is 3.93. The molecule has 0 aliphatic heterocycles. The molecule has 0 bridgehead atoms. The molecule has 108 valence electrons. The number of hydrogen-bond donors (Lipinski definition) is 0. The van der Waals surface area contributed by atoms with Gasteiger partial charge in [-0.1, -0.05) is 11.6 Å². The van der Waals surface area contributed by atoms with Gasteiger partial charge in [0.15, 0.2) is 5.65 Å². The van der Waals surface area contributed by atoms with E-state index in [-0.39, 0.29) is 5.38 Å².